The summed E-state index contributed by atoms with van der Waals surface area (Å²) in [6.45, 7) is 0.955. The van der Waals surface area contributed by atoms with Gasteiger partial charge in [-0.05, 0) is 25.3 Å². The first-order chi connectivity index (χ1) is 9.38. The summed E-state index contributed by atoms with van der Waals surface area (Å²) < 4.78 is 5.17. The lowest BCUT2D eigenvalue weighted by Crippen LogP contribution is -2.34. The van der Waals surface area contributed by atoms with E-state index >= 15 is 0 Å². The number of methoxy groups -OCH3 is 1. The minimum absolute atomic E-state index is 0.267. The lowest BCUT2D eigenvalue weighted by molar-refractivity contribution is 0.393. The van der Waals surface area contributed by atoms with Gasteiger partial charge >= 0.3 is 0 Å². The molecule has 1 N–H and O–H groups in total. The van der Waals surface area contributed by atoms with Gasteiger partial charge in [-0.15, -0.1) is 0 Å². The first-order valence-electron chi connectivity index (χ1n) is 6.51. The maximum Gasteiger partial charge on any atom is 0.229 e. The molecular formula is C13H17N5O. The number of aromatic amines is 1. The Balaban J connectivity index is 1.91. The molecule has 1 fully saturated rings. The molecule has 6 nitrogen and oxygen atoms in total. The predicted molar refractivity (Wildman–Crippen MR) is 71.1 cm³/mol. The number of rotatable bonds is 3. The second-order valence-corrected chi connectivity index (χ2v) is 4.62. The number of nitrogens with one attached hydrogen (secondary N) is 1. The van der Waals surface area contributed by atoms with Crippen LogP contribution in [-0.4, -0.2) is 33.8 Å². The van der Waals surface area contributed by atoms with Crippen LogP contribution in [-0.2, 0) is 0 Å². The van der Waals surface area contributed by atoms with Crippen LogP contribution < -0.4 is 9.64 Å². The Bertz CT molecular complexity index is 528. The Morgan fingerprint density at radius 1 is 1.32 bits per heavy atom. The highest BCUT2D eigenvalue weighted by Crippen LogP contribution is 2.32. The molecule has 0 aliphatic carbocycles. The fourth-order valence-electron chi connectivity index (χ4n) is 2.53. The van der Waals surface area contributed by atoms with Crippen molar-refractivity contribution >= 4 is 5.95 Å². The van der Waals surface area contributed by atoms with E-state index in [1.165, 1.54) is 6.42 Å². The third kappa shape index (κ3) is 2.38. The van der Waals surface area contributed by atoms with Crippen molar-refractivity contribution in [3.8, 4) is 5.88 Å². The molecule has 2 aromatic rings. The van der Waals surface area contributed by atoms with Crippen molar-refractivity contribution < 1.29 is 4.74 Å². The standard InChI is InChI=1S/C13H17N5O/c1-19-12-6-7-14-13(16-12)18-9-3-2-4-11(18)10-5-8-15-17-10/h5-8,11H,2-4,9H2,1H3,(H,15,17). The van der Waals surface area contributed by atoms with Gasteiger partial charge in [0.15, 0.2) is 0 Å². The molecule has 0 amide bonds. The quantitative estimate of drug-likeness (QED) is 0.912. The number of ether oxygens (including phenoxy) is 1. The lowest BCUT2D eigenvalue weighted by atomic mass is 10.00. The molecular weight excluding hydrogens is 242 g/mol. The molecule has 3 heterocycles. The highest BCUT2D eigenvalue weighted by molar-refractivity contribution is 5.36. The number of piperidine rings is 1. The van der Waals surface area contributed by atoms with Crippen LogP contribution >= 0.6 is 0 Å². The number of nitrogens with zero attached hydrogens (tertiary/aromatic N) is 4. The van der Waals surface area contributed by atoms with Crippen LogP contribution in [0, 0.1) is 0 Å². The fourth-order valence-corrected chi connectivity index (χ4v) is 2.53. The van der Waals surface area contributed by atoms with E-state index in [4.69, 9.17) is 4.74 Å². The van der Waals surface area contributed by atoms with Crippen LogP contribution in [0.15, 0.2) is 24.5 Å². The van der Waals surface area contributed by atoms with Crippen LogP contribution in [0.2, 0.25) is 0 Å². The van der Waals surface area contributed by atoms with Crippen LogP contribution in [0.1, 0.15) is 31.0 Å². The first-order valence-corrected chi connectivity index (χ1v) is 6.51. The minimum Gasteiger partial charge on any atom is -0.481 e. The zero-order chi connectivity index (χ0) is 13.1. The van der Waals surface area contributed by atoms with Gasteiger partial charge in [-0.1, -0.05) is 0 Å². The van der Waals surface area contributed by atoms with Crippen molar-refractivity contribution in [3.63, 3.8) is 0 Å². The molecule has 0 saturated carbocycles. The van der Waals surface area contributed by atoms with Crippen molar-refractivity contribution in [3.05, 3.63) is 30.2 Å². The summed E-state index contributed by atoms with van der Waals surface area (Å²) in [6, 6.07) is 4.05. The SMILES string of the molecule is COc1ccnc(N2CCCCC2c2ccn[nH]2)n1. The smallest absolute Gasteiger partial charge is 0.229 e. The Hall–Kier alpha value is -2.11. The minimum atomic E-state index is 0.267. The van der Waals surface area contributed by atoms with Crippen molar-refractivity contribution in [1.29, 1.82) is 0 Å². The number of anilines is 1. The van der Waals surface area contributed by atoms with Gasteiger partial charge in [-0.2, -0.15) is 10.1 Å². The van der Waals surface area contributed by atoms with Gasteiger partial charge in [0.05, 0.1) is 18.8 Å². The molecule has 1 atom stereocenters. The third-order valence-corrected chi connectivity index (χ3v) is 3.47. The van der Waals surface area contributed by atoms with E-state index in [9.17, 15) is 0 Å². The van der Waals surface area contributed by atoms with Gasteiger partial charge in [0.1, 0.15) is 0 Å². The maximum absolute atomic E-state index is 5.17. The molecule has 2 aromatic heterocycles. The van der Waals surface area contributed by atoms with E-state index in [0.29, 0.717) is 5.88 Å². The highest BCUT2D eigenvalue weighted by atomic mass is 16.5. The molecule has 6 heteroatoms. The molecule has 3 rings (SSSR count). The van der Waals surface area contributed by atoms with E-state index in [-0.39, 0.29) is 6.04 Å². The van der Waals surface area contributed by atoms with E-state index in [1.807, 2.05) is 6.07 Å². The van der Waals surface area contributed by atoms with E-state index in [2.05, 4.69) is 25.1 Å². The molecule has 1 aliphatic heterocycles. The Labute approximate surface area is 111 Å². The molecule has 100 valence electrons. The van der Waals surface area contributed by atoms with Crippen LogP contribution in [0.3, 0.4) is 0 Å². The maximum atomic E-state index is 5.17. The molecule has 19 heavy (non-hydrogen) atoms. The second kappa shape index (κ2) is 5.26. The largest absolute Gasteiger partial charge is 0.481 e. The summed E-state index contributed by atoms with van der Waals surface area (Å²) in [6.07, 6.45) is 6.98. The molecule has 0 spiro atoms. The highest BCUT2D eigenvalue weighted by Gasteiger charge is 2.27. The average Bonchev–Trinajstić information content (AvgIpc) is 3.01. The summed E-state index contributed by atoms with van der Waals surface area (Å²) >= 11 is 0. The fraction of sp³-hybridized carbons (Fsp3) is 0.462. The van der Waals surface area contributed by atoms with Crippen LogP contribution in [0.25, 0.3) is 0 Å². The van der Waals surface area contributed by atoms with Crippen molar-refractivity contribution in [1.82, 2.24) is 20.2 Å². The molecule has 0 radical (unpaired) electrons. The second-order valence-electron chi connectivity index (χ2n) is 4.62. The topological polar surface area (TPSA) is 66.9 Å². The molecule has 1 saturated heterocycles. The van der Waals surface area contributed by atoms with Gasteiger partial charge in [0, 0.05) is 25.0 Å². The van der Waals surface area contributed by atoms with Gasteiger partial charge in [0.25, 0.3) is 0 Å². The zero-order valence-electron chi connectivity index (χ0n) is 10.9. The Morgan fingerprint density at radius 2 is 2.26 bits per heavy atom. The Kier molecular flexibility index (Phi) is 3.31. The number of hydrogen-bond donors (Lipinski definition) is 1. The van der Waals surface area contributed by atoms with E-state index in [1.54, 1.807) is 25.6 Å². The first kappa shape index (κ1) is 12.0. The number of hydrogen-bond acceptors (Lipinski definition) is 5. The van der Waals surface area contributed by atoms with Gasteiger partial charge in [-0.25, -0.2) is 4.98 Å². The summed E-state index contributed by atoms with van der Waals surface area (Å²) in [5.41, 5.74) is 1.12. The van der Waals surface area contributed by atoms with E-state index < -0.39 is 0 Å². The number of aromatic nitrogens is 4. The van der Waals surface area contributed by atoms with Crippen molar-refractivity contribution in [2.24, 2.45) is 0 Å². The summed E-state index contributed by atoms with van der Waals surface area (Å²) in [5.74, 6) is 1.32. The number of H-pyrrole nitrogens is 1. The summed E-state index contributed by atoms with van der Waals surface area (Å²) in [4.78, 5) is 11.0. The lowest BCUT2D eigenvalue weighted by Gasteiger charge is -2.35. The summed E-state index contributed by atoms with van der Waals surface area (Å²) in [5, 5.41) is 7.10. The summed E-state index contributed by atoms with van der Waals surface area (Å²) in [7, 11) is 1.62. The van der Waals surface area contributed by atoms with Crippen LogP contribution in [0.4, 0.5) is 5.95 Å². The third-order valence-electron chi connectivity index (χ3n) is 3.47. The van der Waals surface area contributed by atoms with Gasteiger partial charge in [-0.3, -0.25) is 5.10 Å². The molecule has 0 aromatic carbocycles. The molecule has 1 unspecified atom stereocenters. The van der Waals surface area contributed by atoms with Crippen molar-refractivity contribution in [2.75, 3.05) is 18.6 Å². The molecule has 1 aliphatic rings. The van der Waals surface area contributed by atoms with Gasteiger partial charge < -0.3 is 9.64 Å². The van der Waals surface area contributed by atoms with Crippen molar-refractivity contribution in [2.45, 2.75) is 25.3 Å². The van der Waals surface area contributed by atoms with Crippen LogP contribution in [0.5, 0.6) is 5.88 Å². The predicted octanol–water partition coefficient (Wildman–Crippen LogP) is 1.94. The van der Waals surface area contributed by atoms with E-state index in [0.717, 1.165) is 31.0 Å². The zero-order valence-corrected chi connectivity index (χ0v) is 10.9. The monoisotopic (exact) mass is 259 g/mol. The Morgan fingerprint density at radius 3 is 3.05 bits per heavy atom. The normalized spacial score (nSPS) is 19.4. The average molecular weight is 259 g/mol. The van der Waals surface area contributed by atoms with Gasteiger partial charge in [0.2, 0.25) is 11.8 Å². The molecule has 0 bridgehead atoms.